The van der Waals surface area contributed by atoms with Gasteiger partial charge in [0.05, 0.1) is 29.1 Å². The number of likely N-dealkylation sites (tertiary alicyclic amines) is 1. The summed E-state index contributed by atoms with van der Waals surface area (Å²) >= 11 is 0. The lowest BCUT2D eigenvalue weighted by atomic mass is 9.78. The Morgan fingerprint density at radius 2 is 1.70 bits per heavy atom. The zero-order valence-corrected chi connectivity index (χ0v) is 28.6. The molecule has 2 saturated carbocycles. The maximum absolute atomic E-state index is 13.9. The number of aliphatic carboxylic acids is 1. The second-order valence-electron chi connectivity index (χ2n) is 14.4. The summed E-state index contributed by atoms with van der Waals surface area (Å²) in [5.41, 5.74) is 1.15. The van der Waals surface area contributed by atoms with Crippen LogP contribution in [0.15, 0.2) is 48.8 Å². The molecule has 1 saturated heterocycles. The Balaban J connectivity index is 1.16. The van der Waals surface area contributed by atoms with Crippen LogP contribution in [0.5, 0.6) is 0 Å². The molecule has 3 fully saturated rings. The highest BCUT2D eigenvalue weighted by Crippen LogP contribution is 2.37. The summed E-state index contributed by atoms with van der Waals surface area (Å²) in [5, 5.41) is 15.9. The number of carbonyl (C=O) groups is 3. The summed E-state index contributed by atoms with van der Waals surface area (Å²) in [7, 11) is 2.08. The minimum atomic E-state index is -4.53. The van der Waals surface area contributed by atoms with Crippen LogP contribution in [0.25, 0.3) is 10.9 Å². The molecule has 1 aliphatic heterocycles. The van der Waals surface area contributed by atoms with Crippen molar-refractivity contribution in [1.82, 2.24) is 25.1 Å². The average molecular weight is 695 g/mol. The number of halogens is 3. The third-order valence-electron chi connectivity index (χ3n) is 11.1. The Hall–Kier alpha value is -4.26. The molecular weight excluding hydrogens is 649 g/mol. The van der Waals surface area contributed by atoms with Gasteiger partial charge in [-0.1, -0.05) is 12.1 Å². The number of nitrogens with zero attached hydrogens (tertiary/aromatic N) is 4. The van der Waals surface area contributed by atoms with E-state index in [0.717, 1.165) is 37.0 Å². The van der Waals surface area contributed by atoms with Crippen molar-refractivity contribution in [3.8, 4) is 0 Å². The lowest BCUT2D eigenvalue weighted by Gasteiger charge is -2.44. The molecule has 268 valence electrons. The lowest BCUT2D eigenvalue weighted by Crippen LogP contribution is -2.58. The summed E-state index contributed by atoms with van der Waals surface area (Å²) in [4.78, 5) is 51.4. The highest BCUT2D eigenvalue weighted by atomic mass is 19.4. The van der Waals surface area contributed by atoms with E-state index < -0.39 is 23.8 Å². The minimum Gasteiger partial charge on any atom is -0.481 e. The second kappa shape index (κ2) is 14.5. The first-order valence-electron chi connectivity index (χ1n) is 17.5. The van der Waals surface area contributed by atoms with Gasteiger partial charge in [0.1, 0.15) is 18.2 Å². The van der Waals surface area contributed by atoms with Gasteiger partial charge in [-0.25, -0.2) is 9.97 Å². The van der Waals surface area contributed by atoms with Crippen molar-refractivity contribution in [1.29, 1.82) is 0 Å². The molecule has 4 atom stereocenters. The zero-order valence-electron chi connectivity index (χ0n) is 28.6. The van der Waals surface area contributed by atoms with E-state index in [1.807, 2.05) is 29.2 Å². The molecule has 2 heterocycles. The highest BCUT2D eigenvalue weighted by molar-refractivity contribution is 5.95. The van der Waals surface area contributed by atoms with E-state index in [1.54, 1.807) is 0 Å². The van der Waals surface area contributed by atoms with Crippen molar-refractivity contribution in [2.45, 2.75) is 108 Å². The van der Waals surface area contributed by atoms with Crippen LogP contribution in [0, 0.1) is 5.92 Å². The molecule has 3 N–H and O–H groups in total. The van der Waals surface area contributed by atoms with Crippen LogP contribution in [0.4, 0.5) is 19.0 Å². The van der Waals surface area contributed by atoms with Gasteiger partial charge in [0, 0.05) is 29.6 Å². The Morgan fingerprint density at radius 3 is 2.36 bits per heavy atom. The average Bonchev–Trinajstić information content (AvgIpc) is 3.46. The molecule has 10 nitrogen and oxygen atoms in total. The van der Waals surface area contributed by atoms with Gasteiger partial charge < -0.3 is 25.5 Å². The molecule has 50 heavy (non-hydrogen) atoms. The van der Waals surface area contributed by atoms with Crippen molar-refractivity contribution in [2.75, 3.05) is 18.9 Å². The SMILES string of the molecule is CC(C)N(C)[C@@H]1CC[C@H](N2CC[C@H](Nc3ncnc4ccc(C(F)(F)F)cc34)C2=O)[C@H](NC(=O)c2ccc([C@H]3CC[C@@H](C(=O)O)CC3)cc2)C1. The fourth-order valence-electron chi connectivity index (χ4n) is 7.96. The lowest BCUT2D eigenvalue weighted by molar-refractivity contribution is -0.143. The van der Waals surface area contributed by atoms with Gasteiger partial charge in [-0.05, 0) is 114 Å². The van der Waals surface area contributed by atoms with E-state index in [1.165, 1.54) is 12.4 Å². The van der Waals surface area contributed by atoms with Gasteiger partial charge in [0.15, 0.2) is 0 Å². The second-order valence-corrected chi connectivity index (χ2v) is 14.4. The van der Waals surface area contributed by atoms with Crippen LogP contribution in [0.3, 0.4) is 0 Å². The minimum absolute atomic E-state index is 0.173. The monoisotopic (exact) mass is 694 g/mol. The van der Waals surface area contributed by atoms with Gasteiger partial charge in [0.25, 0.3) is 5.91 Å². The van der Waals surface area contributed by atoms with Crippen molar-refractivity contribution in [2.24, 2.45) is 5.92 Å². The summed E-state index contributed by atoms with van der Waals surface area (Å²) in [5.74, 6) is -0.971. The summed E-state index contributed by atoms with van der Waals surface area (Å²) in [6.07, 6.45) is 2.28. The summed E-state index contributed by atoms with van der Waals surface area (Å²) < 4.78 is 40.5. The number of hydrogen-bond donors (Lipinski definition) is 3. The molecule has 0 radical (unpaired) electrons. The number of aromatic nitrogens is 2. The van der Waals surface area contributed by atoms with E-state index in [0.29, 0.717) is 55.8 Å². The number of carboxylic acid groups (broad SMARTS) is 1. The molecule has 13 heteroatoms. The molecular formula is C37H45F3N6O4. The number of alkyl halides is 3. The Morgan fingerprint density at radius 1 is 0.980 bits per heavy atom. The molecule has 0 unspecified atom stereocenters. The smallest absolute Gasteiger partial charge is 0.416 e. The number of rotatable bonds is 9. The van der Waals surface area contributed by atoms with Crippen molar-refractivity contribution >= 4 is 34.5 Å². The quantitative estimate of drug-likeness (QED) is 0.246. The summed E-state index contributed by atoms with van der Waals surface area (Å²) in [6.45, 7) is 4.70. The number of fused-ring (bicyclic) bond motifs is 1. The van der Waals surface area contributed by atoms with Crippen LogP contribution < -0.4 is 10.6 Å². The van der Waals surface area contributed by atoms with Gasteiger partial charge in [-0.3, -0.25) is 14.4 Å². The van der Waals surface area contributed by atoms with Gasteiger partial charge >= 0.3 is 12.1 Å². The van der Waals surface area contributed by atoms with Gasteiger partial charge in [0.2, 0.25) is 5.91 Å². The predicted octanol–water partition coefficient (Wildman–Crippen LogP) is 6.08. The largest absolute Gasteiger partial charge is 0.481 e. The topological polar surface area (TPSA) is 128 Å². The third-order valence-corrected chi connectivity index (χ3v) is 11.1. The molecule has 3 aromatic rings. The molecule has 0 spiro atoms. The van der Waals surface area contributed by atoms with E-state index in [2.05, 4.69) is 46.4 Å². The van der Waals surface area contributed by atoms with E-state index in [4.69, 9.17) is 0 Å². The number of benzene rings is 2. The molecule has 0 bridgehead atoms. The number of carboxylic acids is 1. The first-order valence-corrected chi connectivity index (χ1v) is 17.5. The number of hydrogen-bond acceptors (Lipinski definition) is 7. The first kappa shape index (κ1) is 35.6. The Bertz CT molecular complexity index is 1710. The number of carbonyl (C=O) groups excluding carboxylic acids is 2. The van der Waals surface area contributed by atoms with E-state index in [9.17, 15) is 32.7 Å². The van der Waals surface area contributed by atoms with E-state index in [-0.39, 0.29) is 53.0 Å². The maximum Gasteiger partial charge on any atom is 0.416 e. The van der Waals surface area contributed by atoms with Crippen LogP contribution in [0.2, 0.25) is 0 Å². The molecule has 2 aliphatic carbocycles. The van der Waals surface area contributed by atoms with E-state index >= 15 is 0 Å². The van der Waals surface area contributed by atoms with Crippen molar-refractivity contribution in [3.05, 3.63) is 65.5 Å². The standard InChI is InChI=1S/C37H45F3N6O4/c1-21(2)45(3)27-13-15-32(31(19-27)44-34(47)24-8-4-22(5-9-24)23-6-10-25(11-7-23)36(49)50)46-17-16-30(35(46)48)43-33-28-18-26(37(38,39)40)12-14-29(28)41-20-42-33/h4-5,8-9,12,14,18,20-21,23,25,27,30-32H,6-7,10-11,13,15-17,19H2,1-3H3,(H,44,47)(H,49,50)(H,41,42,43)/t23-,25+,27-,30+,31-,32+/m1/s1. The molecule has 1 aromatic heterocycles. The number of anilines is 1. The van der Waals surface area contributed by atoms with Crippen molar-refractivity contribution in [3.63, 3.8) is 0 Å². The van der Waals surface area contributed by atoms with Crippen LogP contribution in [0.1, 0.15) is 92.6 Å². The fraction of sp³-hybridized carbons (Fsp3) is 0.541. The fourth-order valence-corrected chi connectivity index (χ4v) is 7.96. The molecule has 2 amide bonds. The number of amides is 2. The third kappa shape index (κ3) is 7.57. The van der Waals surface area contributed by atoms with Gasteiger partial charge in [-0.15, -0.1) is 0 Å². The zero-order chi connectivity index (χ0) is 35.7. The van der Waals surface area contributed by atoms with Crippen LogP contribution in [-0.4, -0.2) is 86.5 Å². The van der Waals surface area contributed by atoms with Crippen LogP contribution in [-0.2, 0) is 15.8 Å². The summed E-state index contributed by atoms with van der Waals surface area (Å²) in [6, 6.07) is 10.1. The van der Waals surface area contributed by atoms with Crippen molar-refractivity contribution < 1.29 is 32.7 Å². The normalized spacial score (nSPS) is 26.1. The molecule has 2 aromatic carbocycles. The molecule has 3 aliphatic rings. The first-order chi connectivity index (χ1) is 23.8. The molecule has 6 rings (SSSR count). The van der Waals surface area contributed by atoms with Crippen LogP contribution >= 0.6 is 0 Å². The van der Waals surface area contributed by atoms with Gasteiger partial charge in [-0.2, -0.15) is 13.2 Å². The predicted molar refractivity (Wildman–Crippen MR) is 183 cm³/mol. The Labute approximate surface area is 289 Å². The highest BCUT2D eigenvalue weighted by Gasteiger charge is 2.43. The maximum atomic E-state index is 13.9. The number of nitrogens with one attached hydrogen (secondary N) is 2. The Kier molecular flexibility index (Phi) is 10.3.